The molecule has 1 rings (SSSR count). The summed E-state index contributed by atoms with van der Waals surface area (Å²) in [6.07, 6.45) is 1.17. The van der Waals surface area contributed by atoms with Crippen LogP contribution < -0.4 is 5.32 Å². The van der Waals surface area contributed by atoms with Crippen LogP contribution >= 0.6 is 0 Å². The number of aromatic nitrogens is 1. The molecule has 0 saturated heterocycles. The Hall–Kier alpha value is -2.44. The molecular formula is C11H13N3O4. The maximum Gasteiger partial charge on any atom is 0.360 e. The summed E-state index contributed by atoms with van der Waals surface area (Å²) in [5.41, 5.74) is -0.191. The second-order valence-electron chi connectivity index (χ2n) is 3.25. The van der Waals surface area contributed by atoms with Crippen molar-refractivity contribution in [2.75, 3.05) is 11.9 Å². The third-order valence-corrected chi connectivity index (χ3v) is 1.85. The molecule has 1 heterocycles. The third-order valence-electron chi connectivity index (χ3n) is 1.85. The van der Waals surface area contributed by atoms with Gasteiger partial charge in [0.25, 0.3) is 0 Å². The van der Waals surface area contributed by atoms with Crippen LogP contribution in [0.5, 0.6) is 0 Å². The Morgan fingerprint density at radius 2 is 2.39 bits per heavy atom. The number of hydrogen-bond donors (Lipinski definition) is 2. The standard InChI is InChI=1S/C11H13N3O4/c1-2-6-18-14-10(11(16)17)8-4-3-5-9(13-8)12-7-15/h3-5,7H,2,6H2,1H3,(H,16,17)(H,12,13,15)/b14-10-. The summed E-state index contributed by atoms with van der Waals surface area (Å²) in [6, 6.07) is 4.56. The highest BCUT2D eigenvalue weighted by Crippen LogP contribution is 2.06. The molecule has 7 nitrogen and oxygen atoms in total. The zero-order chi connectivity index (χ0) is 13.4. The number of carbonyl (C=O) groups excluding carboxylic acids is 1. The SMILES string of the molecule is CCCO/N=C(\C(=O)O)c1cccc(NC=O)n1. The number of pyridine rings is 1. The van der Waals surface area contributed by atoms with Crippen molar-refractivity contribution < 1.29 is 19.5 Å². The first-order valence-electron chi connectivity index (χ1n) is 5.30. The fourth-order valence-electron chi connectivity index (χ4n) is 1.10. The first kappa shape index (κ1) is 13.6. The van der Waals surface area contributed by atoms with Gasteiger partial charge in [-0.2, -0.15) is 0 Å². The quantitative estimate of drug-likeness (QED) is 0.324. The lowest BCUT2D eigenvalue weighted by Crippen LogP contribution is -2.17. The van der Waals surface area contributed by atoms with Crippen LogP contribution in [0.15, 0.2) is 23.4 Å². The van der Waals surface area contributed by atoms with Crippen LogP contribution in [0.25, 0.3) is 0 Å². The van der Waals surface area contributed by atoms with Gasteiger partial charge >= 0.3 is 5.97 Å². The highest BCUT2D eigenvalue weighted by Gasteiger charge is 2.15. The number of amides is 1. The highest BCUT2D eigenvalue weighted by molar-refractivity contribution is 6.41. The van der Waals surface area contributed by atoms with E-state index < -0.39 is 5.97 Å². The fourth-order valence-corrected chi connectivity index (χ4v) is 1.10. The van der Waals surface area contributed by atoms with Crippen molar-refractivity contribution in [2.45, 2.75) is 13.3 Å². The van der Waals surface area contributed by atoms with Crippen molar-refractivity contribution in [3.63, 3.8) is 0 Å². The molecule has 0 saturated carbocycles. The summed E-state index contributed by atoms with van der Waals surface area (Å²) in [7, 11) is 0. The van der Waals surface area contributed by atoms with E-state index in [4.69, 9.17) is 9.94 Å². The van der Waals surface area contributed by atoms with Crippen molar-refractivity contribution in [2.24, 2.45) is 5.16 Å². The van der Waals surface area contributed by atoms with Gasteiger partial charge in [0.2, 0.25) is 12.1 Å². The van der Waals surface area contributed by atoms with Crippen LogP contribution in [-0.4, -0.2) is 34.8 Å². The van der Waals surface area contributed by atoms with Gasteiger partial charge < -0.3 is 15.3 Å². The molecule has 0 aliphatic carbocycles. The Kier molecular flexibility index (Phi) is 5.30. The molecule has 0 aliphatic rings. The smallest absolute Gasteiger partial charge is 0.360 e. The van der Waals surface area contributed by atoms with E-state index in [2.05, 4.69) is 15.5 Å². The minimum absolute atomic E-state index is 0.116. The average Bonchev–Trinajstić information content (AvgIpc) is 2.35. The lowest BCUT2D eigenvalue weighted by Gasteiger charge is -2.03. The van der Waals surface area contributed by atoms with Crippen LogP contribution in [-0.2, 0) is 14.4 Å². The Morgan fingerprint density at radius 3 is 3.00 bits per heavy atom. The van der Waals surface area contributed by atoms with Gasteiger partial charge in [-0.15, -0.1) is 0 Å². The zero-order valence-electron chi connectivity index (χ0n) is 9.79. The lowest BCUT2D eigenvalue weighted by molar-refractivity contribution is -0.129. The average molecular weight is 251 g/mol. The van der Waals surface area contributed by atoms with Gasteiger partial charge in [0.1, 0.15) is 18.1 Å². The van der Waals surface area contributed by atoms with Gasteiger partial charge in [-0.25, -0.2) is 9.78 Å². The van der Waals surface area contributed by atoms with Crippen molar-refractivity contribution >= 4 is 23.9 Å². The number of nitrogens with one attached hydrogen (secondary N) is 1. The number of carbonyl (C=O) groups is 2. The molecule has 2 N–H and O–H groups in total. The first-order valence-corrected chi connectivity index (χ1v) is 5.30. The minimum atomic E-state index is -1.25. The number of oxime groups is 1. The van der Waals surface area contributed by atoms with Crippen LogP contribution in [0.3, 0.4) is 0 Å². The molecule has 1 amide bonds. The van der Waals surface area contributed by atoms with E-state index in [0.29, 0.717) is 13.0 Å². The predicted molar refractivity (Wildman–Crippen MR) is 64.3 cm³/mol. The molecule has 96 valence electrons. The normalized spacial score (nSPS) is 10.8. The van der Waals surface area contributed by atoms with Gasteiger partial charge in [0.15, 0.2) is 0 Å². The van der Waals surface area contributed by atoms with E-state index in [9.17, 15) is 9.59 Å². The summed E-state index contributed by atoms with van der Waals surface area (Å²) < 4.78 is 0. The second-order valence-corrected chi connectivity index (χ2v) is 3.25. The fraction of sp³-hybridized carbons (Fsp3) is 0.273. The Labute approximate surface area is 103 Å². The van der Waals surface area contributed by atoms with Crippen LogP contribution in [0.2, 0.25) is 0 Å². The number of hydrogen-bond acceptors (Lipinski definition) is 5. The third kappa shape index (κ3) is 3.85. The van der Waals surface area contributed by atoms with Crippen LogP contribution in [0.1, 0.15) is 19.0 Å². The Morgan fingerprint density at radius 1 is 1.61 bits per heavy atom. The second kappa shape index (κ2) is 7.00. The summed E-state index contributed by atoms with van der Waals surface area (Å²) in [6.45, 7) is 2.20. The lowest BCUT2D eigenvalue weighted by atomic mass is 10.2. The summed E-state index contributed by atoms with van der Waals surface area (Å²) >= 11 is 0. The van der Waals surface area contributed by atoms with Gasteiger partial charge in [-0.1, -0.05) is 18.1 Å². The maximum absolute atomic E-state index is 11.0. The molecule has 1 aromatic rings. The van der Waals surface area contributed by atoms with Crippen molar-refractivity contribution in [3.05, 3.63) is 23.9 Å². The molecule has 0 fully saturated rings. The predicted octanol–water partition coefficient (Wildman–Crippen LogP) is 0.865. The Balaban J connectivity index is 2.98. The summed E-state index contributed by atoms with van der Waals surface area (Å²) in [5.74, 6) is -1.01. The molecular weight excluding hydrogens is 238 g/mol. The minimum Gasteiger partial charge on any atom is -0.476 e. The van der Waals surface area contributed by atoms with Gasteiger partial charge in [0, 0.05) is 0 Å². The number of anilines is 1. The number of rotatable bonds is 7. The van der Waals surface area contributed by atoms with E-state index in [1.807, 2.05) is 6.92 Å². The van der Waals surface area contributed by atoms with E-state index in [-0.39, 0.29) is 17.2 Å². The summed E-state index contributed by atoms with van der Waals surface area (Å²) in [4.78, 5) is 30.1. The molecule has 1 aromatic heterocycles. The Bertz CT molecular complexity index is 459. The maximum atomic E-state index is 11.0. The van der Waals surface area contributed by atoms with Crippen LogP contribution in [0, 0.1) is 0 Å². The topological polar surface area (TPSA) is 101 Å². The van der Waals surface area contributed by atoms with Crippen LogP contribution in [0.4, 0.5) is 5.82 Å². The van der Waals surface area contributed by atoms with Crippen molar-refractivity contribution in [1.29, 1.82) is 0 Å². The van der Waals surface area contributed by atoms with E-state index in [0.717, 1.165) is 6.42 Å². The van der Waals surface area contributed by atoms with Gasteiger partial charge in [-0.05, 0) is 18.6 Å². The molecule has 0 aliphatic heterocycles. The van der Waals surface area contributed by atoms with Crippen molar-refractivity contribution in [1.82, 2.24) is 4.98 Å². The molecule has 0 aromatic carbocycles. The molecule has 18 heavy (non-hydrogen) atoms. The molecule has 0 spiro atoms. The van der Waals surface area contributed by atoms with Crippen molar-refractivity contribution in [3.8, 4) is 0 Å². The molecule has 7 heteroatoms. The monoisotopic (exact) mass is 251 g/mol. The zero-order valence-corrected chi connectivity index (χ0v) is 9.79. The number of aliphatic carboxylic acids is 1. The van der Waals surface area contributed by atoms with Gasteiger partial charge in [-0.3, -0.25) is 4.79 Å². The molecule has 0 radical (unpaired) electrons. The number of carboxylic acid groups (broad SMARTS) is 1. The van der Waals surface area contributed by atoms with E-state index in [1.165, 1.54) is 12.1 Å². The molecule has 0 atom stereocenters. The first-order chi connectivity index (χ1) is 8.69. The van der Waals surface area contributed by atoms with E-state index in [1.54, 1.807) is 6.07 Å². The van der Waals surface area contributed by atoms with Gasteiger partial charge in [0.05, 0.1) is 0 Å². The number of carboxylic acids is 1. The number of nitrogens with zero attached hydrogens (tertiary/aromatic N) is 2. The van der Waals surface area contributed by atoms with E-state index >= 15 is 0 Å². The summed E-state index contributed by atoms with van der Waals surface area (Å²) in [5, 5.41) is 14.9. The highest BCUT2D eigenvalue weighted by atomic mass is 16.6. The molecule has 0 unspecified atom stereocenters. The largest absolute Gasteiger partial charge is 0.476 e. The molecule has 0 bridgehead atoms.